The highest BCUT2D eigenvalue weighted by atomic mass is 32.2. The number of imidazole rings is 1. The fraction of sp³-hybridized carbons (Fsp3) is 0.727. The molecule has 1 aromatic rings. The molecule has 1 aliphatic rings. The third-order valence-corrected chi connectivity index (χ3v) is 5.20. The summed E-state index contributed by atoms with van der Waals surface area (Å²) in [7, 11) is 1.12. The summed E-state index contributed by atoms with van der Waals surface area (Å²) in [4.78, 5) is 3.90. The molecule has 0 bridgehead atoms. The first kappa shape index (κ1) is 15.4. The SMILES string of the molecule is COC(OC)[C@@H]1CN(S(=O)(=O)c2cn(C)cn2)C[C@@H]1N. The molecule has 8 nitrogen and oxygen atoms in total. The van der Waals surface area contributed by atoms with Crippen molar-refractivity contribution in [2.75, 3.05) is 27.3 Å². The van der Waals surface area contributed by atoms with Crippen LogP contribution in [-0.2, 0) is 26.5 Å². The van der Waals surface area contributed by atoms with E-state index < -0.39 is 16.3 Å². The number of rotatable bonds is 5. The Balaban J connectivity index is 2.19. The lowest BCUT2D eigenvalue weighted by molar-refractivity contribution is -0.135. The van der Waals surface area contributed by atoms with Crippen molar-refractivity contribution in [2.45, 2.75) is 17.4 Å². The number of aromatic nitrogens is 2. The molecule has 0 aliphatic carbocycles. The van der Waals surface area contributed by atoms with Crippen molar-refractivity contribution >= 4 is 10.0 Å². The first-order valence-corrected chi connectivity index (χ1v) is 7.63. The quantitative estimate of drug-likeness (QED) is 0.700. The van der Waals surface area contributed by atoms with E-state index in [0.717, 1.165) is 0 Å². The van der Waals surface area contributed by atoms with Gasteiger partial charge in [-0.25, -0.2) is 13.4 Å². The lowest BCUT2D eigenvalue weighted by Crippen LogP contribution is -2.38. The van der Waals surface area contributed by atoms with Gasteiger partial charge in [0, 0.05) is 52.5 Å². The van der Waals surface area contributed by atoms with E-state index in [1.165, 1.54) is 31.0 Å². The molecule has 1 saturated heterocycles. The van der Waals surface area contributed by atoms with Crippen LogP contribution in [0.15, 0.2) is 17.6 Å². The molecule has 2 N–H and O–H groups in total. The van der Waals surface area contributed by atoms with Gasteiger partial charge in [0.25, 0.3) is 10.0 Å². The first-order chi connectivity index (χ1) is 9.40. The van der Waals surface area contributed by atoms with Crippen LogP contribution in [0, 0.1) is 5.92 Å². The molecule has 20 heavy (non-hydrogen) atoms. The van der Waals surface area contributed by atoms with Gasteiger partial charge in [0.15, 0.2) is 11.3 Å². The molecule has 2 heterocycles. The highest BCUT2D eigenvalue weighted by molar-refractivity contribution is 7.89. The van der Waals surface area contributed by atoms with E-state index in [-0.39, 0.29) is 30.1 Å². The average molecular weight is 304 g/mol. The van der Waals surface area contributed by atoms with Crippen LogP contribution in [0.5, 0.6) is 0 Å². The Hall–Kier alpha value is -1.00. The minimum atomic E-state index is -3.62. The number of hydrogen-bond acceptors (Lipinski definition) is 6. The summed E-state index contributed by atoms with van der Waals surface area (Å²) in [6, 6.07) is -0.335. The lowest BCUT2D eigenvalue weighted by Gasteiger charge is -2.23. The molecular weight excluding hydrogens is 284 g/mol. The van der Waals surface area contributed by atoms with Crippen LogP contribution in [0.3, 0.4) is 0 Å². The smallest absolute Gasteiger partial charge is 0.262 e. The van der Waals surface area contributed by atoms with Crippen LogP contribution in [0.4, 0.5) is 0 Å². The predicted molar refractivity (Wildman–Crippen MR) is 71.2 cm³/mol. The van der Waals surface area contributed by atoms with Crippen LogP contribution < -0.4 is 5.73 Å². The molecule has 0 aromatic carbocycles. The summed E-state index contributed by atoms with van der Waals surface area (Å²) in [5, 5.41) is 0.0271. The monoisotopic (exact) mass is 304 g/mol. The Morgan fingerprint density at radius 2 is 2.05 bits per heavy atom. The Bertz CT molecular complexity index is 555. The van der Waals surface area contributed by atoms with Gasteiger partial charge in [-0.2, -0.15) is 4.31 Å². The Kier molecular flexibility index (Phi) is 4.45. The average Bonchev–Trinajstić information content (AvgIpc) is 2.99. The van der Waals surface area contributed by atoms with E-state index in [0.29, 0.717) is 0 Å². The van der Waals surface area contributed by atoms with E-state index in [1.807, 2.05) is 0 Å². The maximum absolute atomic E-state index is 12.5. The summed E-state index contributed by atoms with van der Waals surface area (Å²) >= 11 is 0. The third-order valence-electron chi connectivity index (χ3n) is 3.48. The fourth-order valence-corrected chi connectivity index (χ4v) is 3.88. The van der Waals surface area contributed by atoms with Gasteiger partial charge >= 0.3 is 0 Å². The topological polar surface area (TPSA) is 99.7 Å². The minimum absolute atomic E-state index is 0.0271. The van der Waals surface area contributed by atoms with Crippen molar-refractivity contribution in [3.63, 3.8) is 0 Å². The lowest BCUT2D eigenvalue weighted by atomic mass is 10.0. The van der Waals surface area contributed by atoms with Crippen LogP contribution >= 0.6 is 0 Å². The molecule has 0 radical (unpaired) electrons. The van der Waals surface area contributed by atoms with Gasteiger partial charge in [-0.15, -0.1) is 0 Å². The zero-order valence-corrected chi connectivity index (χ0v) is 12.6. The van der Waals surface area contributed by atoms with E-state index in [9.17, 15) is 8.42 Å². The number of sulfonamides is 1. The van der Waals surface area contributed by atoms with Gasteiger partial charge in [0.05, 0.1) is 6.33 Å². The van der Waals surface area contributed by atoms with Crippen molar-refractivity contribution in [1.29, 1.82) is 0 Å². The minimum Gasteiger partial charge on any atom is -0.356 e. The van der Waals surface area contributed by atoms with Crippen molar-refractivity contribution in [3.8, 4) is 0 Å². The highest BCUT2D eigenvalue weighted by Crippen LogP contribution is 2.26. The molecule has 0 unspecified atom stereocenters. The van der Waals surface area contributed by atoms with E-state index in [2.05, 4.69) is 4.98 Å². The molecular formula is C11H20N4O4S. The zero-order chi connectivity index (χ0) is 14.9. The van der Waals surface area contributed by atoms with Crippen molar-refractivity contribution in [1.82, 2.24) is 13.9 Å². The molecule has 1 aromatic heterocycles. The van der Waals surface area contributed by atoms with Gasteiger partial charge in [-0.05, 0) is 0 Å². The molecule has 0 saturated carbocycles. The van der Waals surface area contributed by atoms with Gasteiger partial charge in [0.1, 0.15) is 0 Å². The van der Waals surface area contributed by atoms with Gasteiger partial charge in [-0.1, -0.05) is 0 Å². The summed E-state index contributed by atoms with van der Waals surface area (Å²) in [6.45, 7) is 0.485. The van der Waals surface area contributed by atoms with Gasteiger partial charge in [0.2, 0.25) is 0 Å². The van der Waals surface area contributed by atoms with Crippen LogP contribution in [0.2, 0.25) is 0 Å². The van der Waals surface area contributed by atoms with Crippen molar-refractivity contribution in [3.05, 3.63) is 12.5 Å². The maximum atomic E-state index is 12.5. The number of methoxy groups -OCH3 is 2. The summed E-state index contributed by atoms with van der Waals surface area (Å²) in [6.07, 6.45) is 2.40. The van der Waals surface area contributed by atoms with Crippen molar-refractivity contribution in [2.24, 2.45) is 18.7 Å². The highest BCUT2D eigenvalue weighted by Gasteiger charge is 2.42. The fourth-order valence-electron chi connectivity index (χ4n) is 2.40. The van der Waals surface area contributed by atoms with Crippen molar-refractivity contribution < 1.29 is 17.9 Å². The van der Waals surface area contributed by atoms with Crippen LogP contribution in [-0.4, -0.2) is 61.9 Å². The molecule has 2 rings (SSSR count). The Morgan fingerprint density at radius 1 is 1.40 bits per heavy atom. The number of ether oxygens (including phenoxy) is 2. The number of nitrogens with two attached hydrogens (primary N) is 1. The third kappa shape index (κ3) is 2.72. The molecule has 0 amide bonds. The van der Waals surface area contributed by atoms with Gasteiger partial charge in [-0.3, -0.25) is 0 Å². The molecule has 9 heteroatoms. The molecule has 0 spiro atoms. The van der Waals surface area contributed by atoms with E-state index >= 15 is 0 Å². The normalized spacial score (nSPS) is 24.6. The molecule has 1 fully saturated rings. The maximum Gasteiger partial charge on any atom is 0.262 e. The largest absolute Gasteiger partial charge is 0.356 e. The second-order valence-corrected chi connectivity index (χ2v) is 6.75. The Labute approximate surface area is 118 Å². The summed E-state index contributed by atoms with van der Waals surface area (Å²) in [5.74, 6) is -0.205. The molecule has 114 valence electrons. The van der Waals surface area contributed by atoms with E-state index in [4.69, 9.17) is 15.2 Å². The summed E-state index contributed by atoms with van der Waals surface area (Å²) < 4.78 is 38.2. The van der Waals surface area contributed by atoms with Crippen LogP contribution in [0.1, 0.15) is 0 Å². The second kappa shape index (κ2) is 5.78. The first-order valence-electron chi connectivity index (χ1n) is 6.19. The zero-order valence-electron chi connectivity index (χ0n) is 11.8. The molecule has 1 aliphatic heterocycles. The molecule has 2 atom stereocenters. The van der Waals surface area contributed by atoms with Crippen LogP contribution in [0.25, 0.3) is 0 Å². The van der Waals surface area contributed by atoms with E-state index in [1.54, 1.807) is 11.6 Å². The predicted octanol–water partition coefficient (Wildman–Crippen LogP) is -1.01. The Morgan fingerprint density at radius 3 is 2.55 bits per heavy atom. The summed E-state index contributed by atoms with van der Waals surface area (Å²) in [5.41, 5.74) is 6.01. The second-order valence-electron chi connectivity index (χ2n) is 4.87. The number of aryl methyl sites for hydroxylation is 1. The standard InChI is InChI=1S/C11H20N4O4S/c1-14-6-10(13-7-14)20(16,17)15-4-8(9(12)5-15)11(18-2)19-3/h6-9,11H,4-5,12H2,1-3H3/t8-,9+/m1/s1. The number of hydrogen-bond donors (Lipinski definition) is 1. The number of nitrogens with zero attached hydrogens (tertiary/aromatic N) is 3. The van der Waals surface area contributed by atoms with Gasteiger partial charge < -0.3 is 19.8 Å².